The predicted octanol–water partition coefficient (Wildman–Crippen LogP) is 1.37. The second-order valence-corrected chi connectivity index (χ2v) is 3.66. The van der Waals surface area contributed by atoms with Gasteiger partial charge in [-0.1, -0.05) is 30.3 Å². The first-order valence-corrected chi connectivity index (χ1v) is 5.20. The average molecular weight is 243 g/mol. The molecule has 1 rings (SSSR count). The number of amides is 1. The fraction of sp³-hybridized carbons (Fsp3) is 0.417. The van der Waals surface area contributed by atoms with Crippen molar-refractivity contribution in [3.8, 4) is 0 Å². The van der Waals surface area contributed by atoms with Gasteiger partial charge in [-0.05, 0) is 19.5 Å². The summed E-state index contributed by atoms with van der Waals surface area (Å²) in [4.78, 5) is 11.5. The summed E-state index contributed by atoms with van der Waals surface area (Å²) < 4.78 is 0. The quantitative estimate of drug-likeness (QED) is 0.819. The van der Waals surface area contributed by atoms with Crippen LogP contribution in [0.15, 0.2) is 30.3 Å². The van der Waals surface area contributed by atoms with Crippen molar-refractivity contribution >= 4 is 18.3 Å². The summed E-state index contributed by atoms with van der Waals surface area (Å²) in [6, 6.07) is 10.1. The molecule has 0 heterocycles. The minimum atomic E-state index is 0. The number of benzene rings is 1. The molecule has 1 unspecified atom stereocenters. The lowest BCUT2D eigenvalue weighted by atomic mass is 10.1. The SMILES string of the molecule is CNC(C)CNC(=O)Cc1ccccc1.Cl. The molecule has 0 saturated heterocycles. The van der Waals surface area contributed by atoms with E-state index in [-0.39, 0.29) is 18.3 Å². The minimum Gasteiger partial charge on any atom is -0.354 e. The molecule has 2 N–H and O–H groups in total. The lowest BCUT2D eigenvalue weighted by molar-refractivity contribution is -0.120. The number of likely N-dealkylation sites (N-methyl/N-ethyl adjacent to an activating group) is 1. The van der Waals surface area contributed by atoms with E-state index in [1.54, 1.807) is 0 Å². The molecule has 4 heteroatoms. The lowest BCUT2D eigenvalue weighted by Gasteiger charge is -2.11. The summed E-state index contributed by atoms with van der Waals surface area (Å²) in [5.74, 6) is 0.0725. The normalized spacial score (nSPS) is 11.4. The zero-order chi connectivity index (χ0) is 11.1. The predicted molar refractivity (Wildman–Crippen MR) is 68.9 cm³/mol. The van der Waals surface area contributed by atoms with Gasteiger partial charge in [0.1, 0.15) is 0 Å². The van der Waals surface area contributed by atoms with Gasteiger partial charge in [0.05, 0.1) is 6.42 Å². The molecule has 0 saturated carbocycles. The highest BCUT2D eigenvalue weighted by Crippen LogP contribution is 1.98. The number of nitrogens with one attached hydrogen (secondary N) is 2. The van der Waals surface area contributed by atoms with Gasteiger partial charge in [0.15, 0.2) is 0 Å². The van der Waals surface area contributed by atoms with E-state index in [2.05, 4.69) is 10.6 Å². The Morgan fingerprint density at radius 1 is 1.31 bits per heavy atom. The summed E-state index contributed by atoms with van der Waals surface area (Å²) >= 11 is 0. The Labute approximate surface area is 103 Å². The Morgan fingerprint density at radius 3 is 2.50 bits per heavy atom. The van der Waals surface area contributed by atoms with Gasteiger partial charge in [-0.25, -0.2) is 0 Å². The van der Waals surface area contributed by atoms with E-state index in [0.29, 0.717) is 19.0 Å². The smallest absolute Gasteiger partial charge is 0.224 e. The van der Waals surface area contributed by atoms with Crippen LogP contribution in [0, 0.1) is 0 Å². The van der Waals surface area contributed by atoms with Gasteiger partial charge in [0.25, 0.3) is 0 Å². The van der Waals surface area contributed by atoms with Crippen LogP contribution in [-0.4, -0.2) is 25.5 Å². The van der Waals surface area contributed by atoms with Gasteiger partial charge in [-0.3, -0.25) is 4.79 Å². The molecule has 0 fully saturated rings. The molecule has 0 aliphatic heterocycles. The van der Waals surface area contributed by atoms with Crippen molar-refractivity contribution in [2.75, 3.05) is 13.6 Å². The Balaban J connectivity index is 0.00000225. The van der Waals surface area contributed by atoms with E-state index in [0.717, 1.165) is 5.56 Å². The number of halogens is 1. The van der Waals surface area contributed by atoms with Gasteiger partial charge < -0.3 is 10.6 Å². The van der Waals surface area contributed by atoms with Gasteiger partial charge >= 0.3 is 0 Å². The second-order valence-electron chi connectivity index (χ2n) is 3.66. The lowest BCUT2D eigenvalue weighted by Crippen LogP contribution is -2.37. The number of rotatable bonds is 5. The monoisotopic (exact) mass is 242 g/mol. The molecule has 1 aromatic carbocycles. The van der Waals surface area contributed by atoms with Crippen LogP contribution in [0.2, 0.25) is 0 Å². The molecule has 0 spiro atoms. The Kier molecular flexibility index (Phi) is 7.60. The van der Waals surface area contributed by atoms with Crippen molar-refractivity contribution < 1.29 is 4.79 Å². The van der Waals surface area contributed by atoms with Crippen LogP contribution in [0.3, 0.4) is 0 Å². The van der Waals surface area contributed by atoms with Crippen molar-refractivity contribution in [3.05, 3.63) is 35.9 Å². The molecule has 3 nitrogen and oxygen atoms in total. The maximum atomic E-state index is 11.5. The minimum absolute atomic E-state index is 0. The summed E-state index contributed by atoms with van der Waals surface area (Å²) in [6.45, 7) is 2.70. The molecule has 90 valence electrons. The zero-order valence-electron chi connectivity index (χ0n) is 9.69. The third-order valence-corrected chi connectivity index (χ3v) is 2.31. The van der Waals surface area contributed by atoms with Gasteiger partial charge in [0, 0.05) is 12.6 Å². The molecular weight excluding hydrogens is 224 g/mol. The van der Waals surface area contributed by atoms with Crippen molar-refractivity contribution in [2.45, 2.75) is 19.4 Å². The molecule has 0 aliphatic rings. The average Bonchev–Trinajstić information content (AvgIpc) is 2.27. The fourth-order valence-electron chi connectivity index (χ4n) is 1.21. The number of carbonyl (C=O) groups excluding carboxylic acids is 1. The van der Waals surface area contributed by atoms with Crippen molar-refractivity contribution in [1.29, 1.82) is 0 Å². The first-order valence-electron chi connectivity index (χ1n) is 5.20. The molecule has 1 amide bonds. The summed E-state index contributed by atoms with van der Waals surface area (Å²) in [6.07, 6.45) is 0.456. The molecule has 1 atom stereocenters. The standard InChI is InChI=1S/C12H18N2O.ClH/c1-10(13-2)9-14-12(15)8-11-6-4-3-5-7-11;/h3-7,10,13H,8-9H2,1-2H3,(H,14,15);1H. The van der Waals surface area contributed by atoms with Crippen LogP contribution < -0.4 is 10.6 Å². The zero-order valence-corrected chi connectivity index (χ0v) is 10.5. The van der Waals surface area contributed by atoms with Gasteiger partial charge in [0.2, 0.25) is 5.91 Å². The molecule has 0 aromatic heterocycles. The van der Waals surface area contributed by atoms with Crippen LogP contribution in [0.1, 0.15) is 12.5 Å². The molecule has 16 heavy (non-hydrogen) atoms. The van der Waals surface area contributed by atoms with Crippen LogP contribution in [0.4, 0.5) is 0 Å². The van der Waals surface area contributed by atoms with E-state index < -0.39 is 0 Å². The van der Waals surface area contributed by atoms with E-state index in [1.807, 2.05) is 44.3 Å². The molecule has 0 bridgehead atoms. The van der Waals surface area contributed by atoms with Crippen LogP contribution in [0.5, 0.6) is 0 Å². The van der Waals surface area contributed by atoms with E-state index in [4.69, 9.17) is 0 Å². The van der Waals surface area contributed by atoms with Gasteiger partial charge in [-0.15, -0.1) is 12.4 Å². The summed E-state index contributed by atoms with van der Waals surface area (Å²) in [5.41, 5.74) is 1.05. The molecule has 0 radical (unpaired) electrons. The van der Waals surface area contributed by atoms with Crippen molar-refractivity contribution in [2.24, 2.45) is 0 Å². The van der Waals surface area contributed by atoms with Gasteiger partial charge in [-0.2, -0.15) is 0 Å². The third kappa shape index (κ3) is 5.73. The Morgan fingerprint density at radius 2 is 1.94 bits per heavy atom. The van der Waals surface area contributed by atoms with E-state index in [9.17, 15) is 4.79 Å². The van der Waals surface area contributed by atoms with Crippen LogP contribution in [0.25, 0.3) is 0 Å². The summed E-state index contributed by atoms with van der Waals surface area (Å²) in [5, 5.41) is 5.95. The highest BCUT2D eigenvalue weighted by molar-refractivity contribution is 5.85. The first kappa shape index (κ1) is 14.9. The largest absolute Gasteiger partial charge is 0.354 e. The Bertz CT molecular complexity index is 303. The number of hydrogen-bond acceptors (Lipinski definition) is 2. The second kappa shape index (κ2) is 8.13. The number of hydrogen-bond donors (Lipinski definition) is 2. The summed E-state index contributed by atoms with van der Waals surface area (Å²) in [7, 11) is 1.88. The highest BCUT2D eigenvalue weighted by Gasteiger charge is 2.04. The molecule has 0 aliphatic carbocycles. The highest BCUT2D eigenvalue weighted by atomic mass is 35.5. The van der Waals surface area contributed by atoms with Crippen LogP contribution >= 0.6 is 12.4 Å². The van der Waals surface area contributed by atoms with Crippen LogP contribution in [-0.2, 0) is 11.2 Å². The maximum Gasteiger partial charge on any atom is 0.224 e. The molecule has 1 aromatic rings. The first-order chi connectivity index (χ1) is 7.22. The third-order valence-electron chi connectivity index (χ3n) is 2.31. The Hall–Kier alpha value is -1.06. The number of carbonyl (C=O) groups is 1. The molecular formula is C12H19ClN2O. The van der Waals surface area contributed by atoms with E-state index >= 15 is 0 Å². The maximum absolute atomic E-state index is 11.5. The van der Waals surface area contributed by atoms with Crippen molar-refractivity contribution in [3.63, 3.8) is 0 Å². The van der Waals surface area contributed by atoms with Crippen molar-refractivity contribution in [1.82, 2.24) is 10.6 Å². The fourth-order valence-corrected chi connectivity index (χ4v) is 1.21. The topological polar surface area (TPSA) is 41.1 Å². The van der Waals surface area contributed by atoms with E-state index in [1.165, 1.54) is 0 Å².